The molecule has 0 aromatic rings. The molecule has 1 aliphatic carbocycles. The zero-order valence-electron chi connectivity index (χ0n) is 13.5. The van der Waals surface area contributed by atoms with Crippen LogP contribution in [0.5, 0.6) is 0 Å². The zero-order chi connectivity index (χ0) is 16.2. The van der Waals surface area contributed by atoms with Gasteiger partial charge in [0.1, 0.15) is 12.2 Å². The Labute approximate surface area is 137 Å². The summed E-state index contributed by atoms with van der Waals surface area (Å²) in [6.45, 7) is 2.04. The lowest BCUT2D eigenvalue weighted by Gasteiger charge is -2.24. The van der Waals surface area contributed by atoms with Gasteiger partial charge in [-0.05, 0) is 37.8 Å². The average Bonchev–Trinajstić information content (AvgIpc) is 3.26. The molecule has 6 heteroatoms. The van der Waals surface area contributed by atoms with E-state index in [0.717, 1.165) is 32.2 Å². The molecule has 3 unspecified atom stereocenters. The molecule has 0 radical (unpaired) electrons. The van der Waals surface area contributed by atoms with Gasteiger partial charge in [-0.25, -0.2) is 4.39 Å². The molecule has 23 heavy (non-hydrogen) atoms. The quantitative estimate of drug-likeness (QED) is 0.832. The summed E-state index contributed by atoms with van der Waals surface area (Å²) in [6.07, 6.45) is 7.79. The molecule has 126 valence electrons. The Bertz CT molecular complexity index is 503. The molecular weight excluding hydrogens is 295 g/mol. The van der Waals surface area contributed by atoms with Crippen molar-refractivity contribution in [2.75, 3.05) is 26.2 Å². The molecule has 3 rings (SSSR count). The number of carbonyl (C=O) groups is 1. The number of hydrogen-bond donors (Lipinski definition) is 1. The van der Waals surface area contributed by atoms with Crippen molar-refractivity contribution in [1.29, 1.82) is 5.26 Å². The van der Waals surface area contributed by atoms with Gasteiger partial charge in [0.2, 0.25) is 5.91 Å². The number of alkyl halides is 1. The van der Waals surface area contributed by atoms with E-state index in [1.54, 1.807) is 4.90 Å². The van der Waals surface area contributed by atoms with Crippen LogP contribution in [0.15, 0.2) is 12.3 Å². The molecule has 2 heterocycles. The van der Waals surface area contributed by atoms with Crippen molar-refractivity contribution in [1.82, 2.24) is 15.1 Å². The molecular formula is C17H25FN4O. The lowest BCUT2D eigenvalue weighted by molar-refractivity contribution is -0.129. The van der Waals surface area contributed by atoms with Crippen LogP contribution in [-0.2, 0) is 4.79 Å². The number of rotatable bonds is 5. The zero-order valence-corrected chi connectivity index (χ0v) is 13.5. The number of nitrogens with one attached hydrogen (secondary N) is 1. The molecule has 2 fully saturated rings. The van der Waals surface area contributed by atoms with Gasteiger partial charge in [0.05, 0.1) is 19.2 Å². The predicted molar refractivity (Wildman–Crippen MR) is 85.1 cm³/mol. The van der Waals surface area contributed by atoms with E-state index < -0.39 is 6.17 Å². The topological polar surface area (TPSA) is 59.4 Å². The third-order valence-corrected chi connectivity index (χ3v) is 5.24. The molecule has 1 amide bonds. The maximum absolute atomic E-state index is 13.1. The molecule has 0 spiro atoms. The summed E-state index contributed by atoms with van der Waals surface area (Å²) >= 11 is 0. The van der Waals surface area contributed by atoms with Crippen LogP contribution in [0.2, 0.25) is 0 Å². The summed E-state index contributed by atoms with van der Waals surface area (Å²) in [5, 5.41) is 12.5. The molecule has 1 saturated heterocycles. The standard InChI is InChI=1S/C17H25FN4O/c18-14-5-7-22(12-14)17(23)10-20-15-4-3-13(8-15)11-21-6-1-2-16(21)9-19/h1,6,13-16,20H,2-5,7-8,10-12H2/t13?,14-,15?,16?/m0/s1. The van der Waals surface area contributed by atoms with E-state index in [1.807, 2.05) is 6.20 Å². The lowest BCUT2D eigenvalue weighted by Crippen LogP contribution is -2.40. The van der Waals surface area contributed by atoms with E-state index in [1.165, 1.54) is 0 Å². The SMILES string of the molecule is N#CC1CC=CN1CC1CCC(NCC(=O)N2CC[C@H](F)C2)C1. The van der Waals surface area contributed by atoms with E-state index in [2.05, 4.69) is 22.4 Å². The first-order chi connectivity index (χ1) is 11.2. The maximum atomic E-state index is 13.1. The van der Waals surface area contributed by atoms with Gasteiger partial charge in [-0.2, -0.15) is 5.26 Å². The van der Waals surface area contributed by atoms with E-state index in [4.69, 9.17) is 5.26 Å². The van der Waals surface area contributed by atoms with E-state index in [9.17, 15) is 9.18 Å². The molecule has 3 aliphatic rings. The third kappa shape index (κ3) is 4.03. The van der Waals surface area contributed by atoms with Crippen molar-refractivity contribution in [2.45, 2.75) is 50.4 Å². The molecule has 2 aliphatic heterocycles. The number of amides is 1. The number of nitrogens with zero attached hydrogens (tertiary/aromatic N) is 3. The predicted octanol–water partition coefficient (Wildman–Crippen LogP) is 1.43. The smallest absolute Gasteiger partial charge is 0.236 e. The Morgan fingerprint density at radius 2 is 2.26 bits per heavy atom. The number of hydrogen-bond acceptors (Lipinski definition) is 4. The van der Waals surface area contributed by atoms with Crippen LogP contribution < -0.4 is 5.32 Å². The average molecular weight is 320 g/mol. The summed E-state index contributed by atoms with van der Waals surface area (Å²) in [5.74, 6) is 0.587. The number of carbonyl (C=O) groups excluding carboxylic acids is 1. The fraction of sp³-hybridized carbons (Fsp3) is 0.765. The van der Waals surface area contributed by atoms with Crippen LogP contribution >= 0.6 is 0 Å². The van der Waals surface area contributed by atoms with Crippen molar-refractivity contribution in [2.24, 2.45) is 5.92 Å². The monoisotopic (exact) mass is 320 g/mol. The summed E-state index contributed by atoms with van der Waals surface area (Å²) in [7, 11) is 0. The first-order valence-corrected chi connectivity index (χ1v) is 8.63. The fourth-order valence-electron chi connectivity index (χ4n) is 3.89. The molecule has 0 aromatic heterocycles. The number of halogens is 1. The second-order valence-electron chi connectivity index (χ2n) is 6.94. The minimum absolute atomic E-state index is 0.00704. The highest BCUT2D eigenvalue weighted by Crippen LogP contribution is 2.28. The largest absolute Gasteiger partial charge is 0.362 e. The lowest BCUT2D eigenvalue weighted by atomic mass is 10.1. The van der Waals surface area contributed by atoms with Gasteiger partial charge in [-0.15, -0.1) is 0 Å². The first kappa shape index (κ1) is 16.3. The summed E-state index contributed by atoms with van der Waals surface area (Å²) in [6, 6.07) is 2.69. The van der Waals surface area contributed by atoms with Crippen molar-refractivity contribution in [3.8, 4) is 6.07 Å². The van der Waals surface area contributed by atoms with E-state index in [0.29, 0.717) is 31.5 Å². The highest BCUT2D eigenvalue weighted by atomic mass is 19.1. The Balaban J connectivity index is 1.37. The maximum Gasteiger partial charge on any atom is 0.236 e. The fourth-order valence-corrected chi connectivity index (χ4v) is 3.89. The van der Waals surface area contributed by atoms with Gasteiger partial charge in [0, 0.05) is 25.6 Å². The second kappa shape index (κ2) is 7.31. The third-order valence-electron chi connectivity index (χ3n) is 5.24. The first-order valence-electron chi connectivity index (χ1n) is 8.63. The van der Waals surface area contributed by atoms with Crippen LogP contribution in [0.4, 0.5) is 4.39 Å². The Kier molecular flexibility index (Phi) is 5.16. The van der Waals surface area contributed by atoms with Gasteiger partial charge in [-0.1, -0.05) is 6.08 Å². The Hall–Kier alpha value is -1.61. The van der Waals surface area contributed by atoms with Gasteiger partial charge >= 0.3 is 0 Å². The minimum Gasteiger partial charge on any atom is -0.362 e. The van der Waals surface area contributed by atoms with E-state index in [-0.39, 0.29) is 18.5 Å². The Morgan fingerprint density at radius 3 is 3.00 bits per heavy atom. The highest BCUT2D eigenvalue weighted by molar-refractivity contribution is 5.78. The van der Waals surface area contributed by atoms with Gasteiger partial charge in [-0.3, -0.25) is 4.79 Å². The summed E-state index contributed by atoms with van der Waals surface area (Å²) in [5.41, 5.74) is 0. The van der Waals surface area contributed by atoms with Crippen molar-refractivity contribution in [3.63, 3.8) is 0 Å². The van der Waals surface area contributed by atoms with E-state index >= 15 is 0 Å². The summed E-state index contributed by atoms with van der Waals surface area (Å²) < 4.78 is 13.1. The van der Waals surface area contributed by atoms with Crippen molar-refractivity contribution in [3.05, 3.63) is 12.3 Å². The molecule has 4 atom stereocenters. The summed E-state index contributed by atoms with van der Waals surface area (Å²) in [4.78, 5) is 15.8. The minimum atomic E-state index is -0.851. The second-order valence-corrected chi connectivity index (χ2v) is 6.94. The van der Waals surface area contributed by atoms with Crippen LogP contribution in [0, 0.1) is 17.2 Å². The van der Waals surface area contributed by atoms with Crippen molar-refractivity contribution < 1.29 is 9.18 Å². The van der Waals surface area contributed by atoms with Crippen LogP contribution in [0.25, 0.3) is 0 Å². The van der Waals surface area contributed by atoms with Gasteiger partial charge in [0.25, 0.3) is 0 Å². The number of likely N-dealkylation sites (tertiary alicyclic amines) is 1. The molecule has 1 saturated carbocycles. The normalized spacial score (nSPS) is 33.4. The van der Waals surface area contributed by atoms with Crippen LogP contribution in [-0.4, -0.2) is 60.1 Å². The Morgan fingerprint density at radius 1 is 1.39 bits per heavy atom. The van der Waals surface area contributed by atoms with Gasteiger partial charge in [0.15, 0.2) is 0 Å². The van der Waals surface area contributed by atoms with Gasteiger partial charge < -0.3 is 15.1 Å². The molecule has 5 nitrogen and oxygen atoms in total. The molecule has 0 aromatic carbocycles. The van der Waals surface area contributed by atoms with Crippen LogP contribution in [0.1, 0.15) is 32.1 Å². The van der Waals surface area contributed by atoms with Crippen LogP contribution in [0.3, 0.4) is 0 Å². The van der Waals surface area contributed by atoms with Crippen molar-refractivity contribution >= 4 is 5.91 Å². The molecule has 1 N–H and O–H groups in total. The molecule has 0 bridgehead atoms. The number of nitriles is 1. The highest BCUT2D eigenvalue weighted by Gasteiger charge is 2.30.